The first-order valence-electron chi connectivity index (χ1n) is 10.0. The summed E-state index contributed by atoms with van der Waals surface area (Å²) < 4.78 is 33.6. The lowest BCUT2D eigenvalue weighted by Gasteiger charge is -2.18. The van der Waals surface area contributed by atoms with E-state index in [2.05, 4.69) is 9.82 Å². The molecular weight excluding hydrogens is 414 g/mol. The highest BCUT2D eigenvalue weighted by Gasteiger charge is 2.34. The Bertz CT molecular complexity index is 1220. The van der Waals surface area contributed by atoms with Crippen molar-refractivity contribution in [1.82, 2.24) is 5.01 Å². The average molecular weight is 438 g/mol. The maximum absolute atomic E-state index is 12.7. The van der Waals surface area contributed by atoms with Crippen molar-refractivity contribution in [2.45, 2.75) is 37.6 Å². The van der Waals surface area contributed by atoms with Gasteiger partial charge >= 0.3 is 0 Å². The highest BCUT2D eigenvalue weighted by atomic mass is 32.2. The zero-order valence-corrected chi connectivity index (χ0v) is 18.1. The molecule has 31 heavy (non-hydrogen) atoms. The smallest absolute Gasteiger partial charge is 0.261 e. The summed E-state index contributed by atoms with van der Waals surface area (Å²) in [6, 6.07) is 17.0. The highest BCUT2D eigenvalue weighted by Crippen LogP contribution is 2.34. The van der Waals surface area contributed by atoms with Gasteiger partial charge in [0.05, 0.1) is 16.9 Å². The van der Waals surface area contributed by atoms with Crippen LogP contribution >= 0.6 is 0 Å². The number of amides is 1. The quantitative estimate of drug-likeness (QED) is 0.616. The number of hydrazone groups is 1. The third-order valence-corrected chi connectivity index (χ3v) is 6.52. The Morgan fingerprint density at radius 1 is 1.16 bits per heavy atom. The van der Waals surface area contributed by atoms with Crippen LogP contribution in [0.2, 0.25) is 0 Å². The molecule has 1 aromatic heterocycles. The van der Waals surface area contributed by atoms with Gasteiger partial charge in [-0.25, -0.2) is 13.4 Å². The number of hydrogen-bond donors (Lipinski definition) is 1. The molecule has 0 fully saturated rings. The average Bonchev–Trinajstić information content (AvgIpc) is 3.43. The molecule has 4 rings (SSSR count). The first kappa shape index (κ1) is 20.9. The van der Waals surface area contributed by atoms with E-state index >= 15 is 0 Å². The third kappa shape index (κ3) is 4.39. The number of hydrogen-bond acceptors (Lipinski definition) is 5. The van der Waals surface area contributed by atoms with Crippen LogP contribution in [0, 0.1) is 6.92 Å². The Balaban J connectivity index is 1.60. The van der Waals surface area contributed by atoms with E-state index in [4.69, 9.17) is 4.42 Å². The van der Waals surface area contributed by atoms with Gasteiger partial charge in [0.1, 0.15) is 11.8 Å². The second kappa shape index (κ2) is 8.39. The maximum atomic E-state index is 12.7. The largest absolute Gasteiger partial charge is 0.467 e. The van der Waals surface area contributed by atoms with Crippen LogP contribution in [0.15, 0.2) is 81.3 Å². The second-order valence-electron chi connectivity index (χ2n) is 7.37. The van der Waals surface area contributed by atoms with E-state index in [9.17, 15) is 13.2 Å². The molecular formula is C23H23N3O4S. The van der Waals surface area contributed by atoms with Crippen molar-refractivity contribution in [3.8, 4) is 0 Å². The Hall–Kier alpha value is -3.39. The fraction of sp³-hybridized carbons (Fsp3) is 0.217. The van der Waals surface area contributed by atoms with E-state index in [-0.39, 0.29) is 16.8 Å². The lowest BCUT2D eigenvalue weighted by atomic mass is 10.0. The van der Waals surface area contributed by atoms with Gasteiger partial charge in [-0.05, 0) is 48.9 Å². The molecule has 0 aliphatic carbocycles. The second-order valence-corrected chi connectivity index (χ2v) is 9.06. The van der Waals surface area contributed by atoms with Gasteiger partial charge in [-0.2, -0.15) is 5.10 Å². The molecule has 1 aliphatic heterocycles. The molecule has 1 atom stereocenters. The summed E-state index contributed by atoms with van der Waals surface area (Å²) in [6.07, 6.45) is 2.38. The summed E-state index contributed by atoms with van der Waals surface area (Å²) in [4.78, 5) is 12.6. The molecule has 3 aromatic rings. The molecule has 0 unspecified atom stereocenters. The molecule has 1 amide bonds. The van der Waals surface area contributed by atoms with Crippen molar-refractivity contribution < 1.29 is 17.6 Å². The molecule has 0 bridgehead atoms. The fourth-order valence-electron chi connectivity index (χ4n) is 3.47. The Kier molecular flexibility index (Phi) is 5.65. The van der Waals surface area contributed by atoms with E-state index < -0.39 is 10.0 Å². The molecule has 160 valence electrons. The monoisotopic (exact) mass is 437 g/mol. The van der Waals surface area contributed by atoms with Crippen LogP contribution in [0.5, 0.6) is 0 Å². The fourth-order valence-corrected chi connectivity index (χ4v) is 4.52. The summed E-state index contributed by atoms with van der Waals surface area (Å²) in [7, 11) is -3.71. The van der Waals surface area contributed by atoms with Crippen molar-refractivity contribution in [2.75, 3.05) is 4.72 Å². The van der Waals surface area contributed by atoms with Gasteiger partial charge in [-0.1, -0.05) is 36.8 Å². The number of nitrogens with one attached hydrogen (secondary N) is 1. The van der Waals surface area contributed by atoms with Crippen LogP contribution in [0.3, 0.4) is 0 Å². The Labute approximate surface area is 181 Å². The molecule has 0 saturated heterocycles. The first-order valence-corrected chi connectivity index (χ1v) is 11.5. The van der Waals surface area contributed by atoms with E-state index in [0.29, 0.717) is 30.0 Å². The number of benzene rings is 2. The predicted octanol–water partition coefficient (Wildman–Crippen LogP) is 4.48. The minimum absolute atomic E-state index is 0.104. The van der Waals surface area contributed by atoms with Crippen LogP contribution in [-0.4, -0.2) is 25.0 Å². The Morgan fingerprint density at radius 3 is 2.61 bits per heavy atom. The number of carbonyl (C=O) groups is 1. The number of furan rings is 1. The summed E-state index contributed by atoms with van der Waals surface area (Å²) in [5.41, 5.74) is 2.85. The SMILES string of the molecule is CCC(=O)N1N=C(c2cccc(NS(=O)(=O)c3ccc(C)cc3)c2)C[C@@H]1c1ccco1. The van der Waals surface area contributed by atoms with Crippen molar-refractivity contribution in [1.29, 1.82) is 0 Å². The predicted molar refractivity (Wildman–Crippen MR) is 118 cm³/mol. The van der Waals surface area contributed by atoms with Gasteiger partial charge in [0.15, 0.2) is 0 Å². The Morgan fingerprint density at radius 2 is 1.94 bits per heavy atom. The van der Waals surface area contributed by atoms with Gasteiger partial charge in [0.2, 0.25) is 5.91 Å². The summed E-state index contributed by atoms with van der Waals surface area (Å²) in [5, 5.41) is 5.99. The van der Waals surface area contributed by atoms with Gasteiger partial charge in [0, 0.05) is 18.5 Å². The number of rotatable bonds is 6. The normalized spacial score (nSPS) is 16.3. The number of anilines is 1. The van der Waals surface area contributed by atoms with E-state index in [1.54, 1.807) is 61.7 Å². The molecule has 1 aliphatic rings. The summed E-state index contributed by atoms with van der Waals surface area (Å²) in [5.74, 6) is 0.560. The van der Waals surface area contributed by atoms with Crippen molar-refractivity contribution >= 4 is 27.3 Å². The van der Waals surface area contributed by atoms with Gasteiger partial charge in [0.25, 0.3) is 10.0 Å². The number of carbonyl (C=O) groups excluding carboxylic acids is 1. The van der Waals surface area contributed by atoms with Crippen LogP contribution in [0.25, 0.3) is 0 Å². The zero-order valence-electron chi connectivity index (χ0n) is 17.3. The topological polar surface area (TPSA) is 92.0 Å². The van der Waals surface area contributed by atoms with E-state index in [1.807, 2.05) is 19.1 Å². The molecule has 1 N–H and O–H groups in total. The number of aryl methyl sites for hydroxylation is 1. The third-order valence-electron chi connectivity index (χ3n) is 5.12. The molecule has 2 aromatic carbocycles. The van der Waals surface area contributed by atoms with Crippen molar-refractivity contribution in [2.24, 2.45) is 5.10 Å². The number of nitrogens with zero attached hydrogens (tertiary/aromatic N) is 2. The van der Waals surface area contributed by atoms with Gasteiger partial charge < -0.3 is 4.42 Å². The van der Waals surface area contributed by atoms with Crippen LogP contribution in [0.4, 0.5) is 5.69 Å². The van der Waals surface area contributed by atoms with Gasteiger partial charge in [-0.3, -0.25) is 9.52 Å². The lowest BCUT2D eigenvalue weighted by molar-refractivity contribution is -0.133. The van der Waals surface area contributed by atoms with E-state index in [0.717, 1.165) is 11.1 Å². The minimum atomic E-state index is -3.71. The molecule has 8 heteroatoms. The summed E-state index contributed by atoms with van der Waals surface area (Å²) in [6.45, 7) is 3.69. The standard InChI is InChI=1S/C23H23N3O4S/c1-3-23(27)26-21(22-8-5-13-30-22)15-20(24-26)17-6-4-7-18(14-17)25-31(28,29)19-11-9-16(2)10-12-19/h4-14,21,25H,3,15H2,1-2H3/t21-/m1/s1. The van der Waals surface area contributed by atoms with Gasteiger partial charge in [-0.15, -0.1) is 0 Å². The zero-order chi connectivity index (χ0) is 22.0. The minimum Gasteiger partial charge on any atom is -0.467 e. The molecule has 2 heterocycles. The molecule has 0 radical (unpaired) electrons. The molecule has 7 nitrogen and oxygen atoms in total. The molecule has 0 spiro atoms. The van der Waals surface area contributed by atoms with Crippen LogP contribution < -0.4 is 4.72 Å². The number of sulfonamides is 1. The van der Waals surface area contributed by atoms with Crippen LogP contribution in [-0.2, 0) is 14.8 Å². The van der Waals surface area contributed by atoms with Crippen LogP contribution in [0.1, 0.15) is 42.7 Å². The summed E-state index contributed by atoms with van der Waals surface area (Å²) >= 11 is 0. The first-order chi connectivity index (χ1) is 14.9. The molecule has 0 saturated carbocycles. The van der Waals surface area contributed by atoms with Crippen molar-refractivity contribution in [3.63, 3.8) is 0 Å². The highest BCUT2D eigenvalue weighted by molar-refractivity contribution is 7.92. The maximum Gasteiger partial charge on any atom is 0.261 e. The lowest BCUT2D eigenvalue weighted by Crippen LogP contribution is -2.25. The van der Waals surface area contributed by atoms with Crippen molar-refractivity contribution in [3.05, 3.63) is 83.8 Å². The van der Waals surface area contributed by atoms with E-state index in [1.165, 1.54) is 5.01 Å².